The molecule has 0 aliphatic carbocycles. The molecule has 0 bridgehead atoms. The second-order valence-electron chi connectivity index (χ2n) is 0. The summed E-state index contributed by atoms with van der Waals surface area (Å²) in [7, 11) is 0. The summed E-state index contributed by atoms with van der Waals surface area (Å²) in [5, 5.41) is 0. The zero-order valence-corrected chi connectivity index (χ0v) is 7.89. The molecule has 0 unspecified atom stereocenters. The molecule has 0 aromatic carbocycles. The maximum atomic E-state index is 0. The summed E-state index contributed by atoms with van der Waals surface area (Å²) < 4.78 is 0. The van der Waals surface area contributed by atoms with Crippen molar-refractivity contribution in [2.75, 3.05) is 0 Å². The molecule has 0 aromatic rings. The quantitative estimate of drug-likeness (QED) is 0.534. The Labute approximate surface area is 104 Å². The van der Waals surface area contributed by atoms with Gasteiger partial charge in [-0.1, -0.05) is 0 Å². The molecule has 5 heteroatoms. The van der Waals surface area contributed by atoms with Gasteiger partial charge in [-0.2, -0.15) is 0 Å². The second-order valence-corrected chi connectivity index (χ2v) is 0. The first-order valence-corrected chi connectivity index (χ1v) is 0. The molecule has 6 radical (unpaired) electrons. The largest absolute Gasteiger partial charge is 0 e. The van der Waals surface area contributed by atoms with E-state index in [-0.39, 0.29) is 106 Å². The Morgan fingerprint density at radius 2 is 0.400 bits per heavy atom. The molecule has 0 saturated carbocycles. The van der Waals surface area contributed by atoms with Crippen molar-refractivity contribution in [3.63, 3.8) is 0 Å². The summed E-state index contributed by atoms with van der Waals surface area (Å²) in [6.45, 7) is 0. The van der Waals surface area contributed by atoms with Crippen LogP contribution in [0.25, 0.3) is 0 Å². The molecule has 0 aliphatic heterocycles. The van der Waals surface area contributed by atoms with Crippen LogP contribution in [0, 0.1) is 0 Å². The van der Waals surface area contributed by atoms with Gasteiger partial charge >= 0.3 is 0 Å². The van der Waals surface area contributed by atoms with Crippen LogP contribution in [0.1, 0.15) is 0 Å². The van der Waals surface area contributed by atoms with Crippen LogP contribution in [0.2, 0.25) is 0 Å². The first-order valence-electron chi connectivity index (χ1n) is 0. The molecule has 0 amide bonds. The minimum atomic E-state index is 0. The molecule has 0 atom stereocenters. The maximum Gasteiger partial charge on any atom is 0 e. The normalized spacial score (nSPS) is 0. The third-order valence-corrected chi connectivity index (χ3v) is 0. The van der Waals surface area contributed by atoms with E-state index in [4.69, 9.17) is 0 Å². The second kappa shape index (κ2) is 26.5. The van der Waals surface area contributed by atoms with E-state index in [0.717, 1.165) is 0 Å². The SMILES string of the molecule is [Ca].[Cu].[Cu].[Cu].[Cu]. The molecule has 5 heavy (non-hydrogen) atoms. The maximum absolute atomic E-state index is 0. The number of hydrogen-bond donors (Lipinski definition) is 0. The van der Waals surface area contributed by atoms with Crippen molar-refractivity contribution in [3.05, 3.63) is 0 Å². The van der Waals surface area contributed by atoms with Gasteiger partial charge in [-0.05, 0) is 0 Å². The fraction of sp³-hybridized carbons (Fsp3) is 0. The van der Waals surface area contributed by atoms with Crippen LogP contribution < -0.4 is 0 Å². The smallest absolute Gasteiger partial charge is 0 e. The molecule has 0 rings (SSSR count). The van der Waals surface area contributed by atoms with E-state index < -0.39 is 0 Å². The minimum absolute atomic E-state index is 0. The van der Waals surface area contributed by atoms with Crippen LogP contribution in [-0.4, -0.2) is 37.7 Å². The zero-order valence-electron chi connectivity index (χ0n) is 1.91. The fourth-order valence-electron chi connectivity index (χ4n) is 0. The van der Waals surface area contributed by atoms with Gasteiger partial charge in [-0.25, -0.2) is 0 Å². The van der Waals surface area contributed by atoms with Gasteiger partial charge in [0.2, 0.25) is 0 Å². The van der Waals surface area contributed by atoms with E-state index in [0.29, 0.717) is 0 Å². The first-order chi connectivity index (χ1) is 0. The Hall–Kier alpha value is 3.34. The van der Waals surface area contributed by atoms with Crippen molar-refractivity contribution in [1.29, 1.82) is 0 Å². The molecule has 0 fully saturated rings. The Balaban J connectivity index is 0. The molecule has 0 aromatic heterocycles. The van der Waals surface area contributed by atoms with Gasteiger partial charge in [0.25, 0.3) is 0 Å². The van der Waals surface area contributed by atoms with Gasteiger partial charge in [0, 0.05) is 106 Å². The van der Waals surface area contributed by atoms with E-state index in [2.05, 4.69) is 0 Å². The van der Waals surface area contributed by atoms with Crippen LogP contribution in [0.3, 0.4) is 0 Å². The summed E-state index contributed by atoms with van der Waals surface area (Å²) in [4.78, 5) is 0. The first kappa shape index (κ1) is 40.3. The topological polar surface area (TPSA) is 0 Å². The molecule has 0 spiro atoms. The van der Waals surface area contributed by atoms with Gasteiger partial charge in [0.05, 0.1) is 0 Å². The predicted octanol–water partition coefficient (Wildman–Crippen LogP) is -0.391. The van der Waals surface area contributed by atoms with E-state index in [9.17, 15) is 0 Å². The van der Waals surface area contributed by atoms with Crippen molar-refractivity contribution < 1.29 is 68.3 Å². The Kier molecular flexibility index (Phi) is 213. The molecule has 0 saturated heterocycles. The molecule has 0 N–H and O–H groups in total. The van der Waals surface area contributed by atoms with E-state index in [1.54, 1.807) is 0 Å². The third-order valence-electron chi connectivity index (χ3n) is 0. The van der Waals surface area contributed by atoms with Crippen molar-refractivity contribution >= 4 is 37.7 Å². The summed E-state index contributed by atoms with van der Waals surface area (Å²) >= 11 is 0. The van der Waals surface area contributed by atoms with Gasteiger partial charge in [-0.15, -0.1) is 0 Å². The van der Waals surface area contributed by atoms with Crippen molar-refractivity contribution in [1.82, 2.24) is 0 Å². The van der Waals surface area contributed by atoms with Crippen molar-refractivity contribution in [2.24, 2.45) is 0 Å². The Morgan fingerprint density at radius 3 is 0.400 bits per heavy atom. The third kappa shape index (κ3) is 18.8. The van der Waals surface area contributed by atoms with Crippen molar-refractivity contribution in [2.45, 2.75) is 0 Å². The fourth-order valence-corrected chi connectivity index (χ4v) is 0. The van der Waals surface area contributed by atoms with Gasteiger partial charge in [-0.3, -0.25) is 0 Å². The van der Waals surface area contributed by atoms with Gasteiger partial charge < -0.3 is 0 Å². The number of hydrogen-bond acceptors (Lipinski definition) is 0. The number of rotatable bonds is 0. The van der Waals surface area contributed by atoms with Gasteiger partial charge in [0.15, 0.2) is 0 Å². The van der Waals surface area contributed by atoms with Crippen LogP contribution in [0.5, 0.6) is 0 Å². The molecular weight excluding hydrogens is 294 g/mol. The monoisotopic (exact) mass is 292 g/mol. The van der Waals surface area contributed by atoms with E-state index in [1.165, 1.54) is 0 Å². The van der Waals surface area contributed by atoms with Crippen LogP contribution in [0.15, 0.2) is 0 Å². The minimum Gasteiger partial charge on any atom is 0 e. The van der Waals surface area contributed by atoms with Crippen molar-refractivity contribution in [3.8, 4) is 0 Å². The molecular formula is CaCu4. The summed E-state index contributed by atoms with van der Waals surface area (Å²) in [6, 6.07) is 0. The summed E-state index contributed by atoms with van der Waals surface area (Å²) in [5.41, 5.74) is 0. The van der Waals surface area contributed by atoms with E-state index >= 15 is 0 Å². The standard InChI is InChI=1S/Ca.4Cu. The Bertz CT molecular complexity index is 3.61. The van der Waals surface area contributed by atoms with Crippen LogP contribution >= 0.6 is 0 Å². The summed E-state index contributed by atoms with van der Waals surface area (Å²) in [6.07, 6.45) is 0. The molecule has 46 valence electrons. The average Bonchev–Trinajstić information content (AvgIpc) is 0. The average molecular weight is 294 g/mol. The molecule has 0 nitrogen and oxygen atoms in total. The van der Waals surface area contributed by atoms with E-state index in [1.807, 2.05) is 0 Å². The Morgan fingerprint density at radius 1 is 0.400 bits per heavy atom. The van der Waals surface area contributed by atoms with Crippen LogP contribution in [0.4, 0.5) is 0 Å². The molecule has 0 aliphatic rings. The van der Waals surface area contributed by atoms with Crippen LogP contribution in [-0.2, 0) is 68.3 Å². The van der Waals surface area contributed by atoms with Gasteiger partial charge in [0.1, 0.15) is 0 Å². The molecule has 0 heterocycles. The zero-order chi connectivity index (χ0) is 0. The predicted molar refractivity (Wildman–Crippen MR) is 5.75 cm³/mol. The summed E-state index contributed by atoms with van der Waals surface area (Å²) in [5.74, 6) is 0.